The van der Waals surface area contributed by atoms with E-state index in [0.29, 0.717) is 24.1 Å². The summed E-state index contributed by atoms with van der Waals surface area (Å²) in [6.07, 6.45) is 1.36. The Kier molecular flexibility index (Phi) is 6.05. The number of pyridine rings is 2. The van der Waals surface area contributed by atoms with Crippen molar-refractivity contribution >= 4 is 28.9 Å². The van der Waals surface area contributed by atoms with Crippen LogP contribution in [0.4, 0.5) is 4.79 Å². The first kappa shape index (κ1) is 19.1. The molecule has 2 rings (SSSR count). The third-order valence-electron chi connectivity index (χ3n) is 3.55. The van der Waals surface area contributed by atoms with Gasteiger partial charge in [-0.2, -0.15) is 0 Å². The first-order valence-corrected chi connectivity index (χ1v) is 8.13. The number of aryl methyl sites for hydroxylation is 2. The van der Waals surface area contributed by atoms with Crippen molar-refractivity contribution < 1.29 is 19.1 Å². The van der Waals surface area contributed by atoms with Gasteiger partial charge in [0.1, 0.15) is 11.2 Å². The Labute approximate surface area is 149 Å². The summed E-state index contributed by atoms with van der Waals surface area (Å²) >= 11 is 0. The van der Waals surface area contributed by atoms with E-state index >= 15 is 0 Å². The number of aromatic nitrogens is 2. The fourth-order valence-electron chi connectivity index (χ4n) is 2.32. The predicted molar refractivity (Wildman–Crippen MR) is 93.9 cm³/mol. The Hall–Kier alpha value is -3.23. The van der Waals surface area contributed by atoms with Gasteiger partial charge in [0.05, 0.1) is 5.39 Å². The summed E-state index contributed by atoms with van der Waals surface area (Å²) in [6, 6.07) is 2.60. The number of rotatable bonds is 5. The lowest BCUT2D eigenvalue weighted by atomic mass is 10.2. The molecule has 0 atom stereocenters. The zero-order chi connectivity index (χ0) is 19.3. The number of amides is 3. The highest BCUT2D eigenvalue weighted by atomic mass is 16.5. The smallest absolute Gasteiger partial charge is 0.344 e. The number of ether oxygens (including phenoxy) is 1. The first-order valence-electron chi connectivity index (χ1n) is 8.13. The van der Waals surface area contributed by atoms with E-state index in [1.165, 1.54) is 6.20 Å². The summed E-state index contributed by atoms with van der Waals surface area (Å²) in [6.45, 7) is 5.51. The van der Waals surface area contributed by atoms with E-state index in [1.54, 1.807) is 30.5 Å². The standard InChI is InChI=1S/C17H20N4O5/c1-4-18-17(25)20-13(22)9-26-16(24)12-8-21(5-2)15-11(14(12)23)7-6-10(3)19-15/h6-8H,4-5,9H2,1-3H3,(H2,18,20,22,25). The van der Waals surface area contributed by atoms with Gasteiger partial charge < -0.3 is 14.6 Å². The Morgan fingerprint density at radius 3 is 2.62 bits per heavy atom. The molecule has 9 nitrogen and oxygen atoms in total. The topological polar surface area (TPSA) is 119 Å². The number of fused-ring (bicyclic) bond motifs is 1. The Bertz CT molecular complexity index is 919. The van der Waals surface area contributed by atoms with Crippen molar-refractivity contribution in [2.24, 2.45) is 0 Å². The van der Waals surface area contributed by atoms with Crippen LogP contribution in [-0.4, -0.2) is 40.6 Å². The maximum atomic E-state index is 12.5. The van der Waals surface area contributed by atoms with E-state index in [4.69, 9.17) is 4.74 Å². The zero-order valence-corrected chi connectivity index (χ0v) is 14.8. The maximum absolute atomic E-state index is 12.5. The molecule has 2 aromatic heterocycles. The van der Waals surface area contributed by atoms with E-state index in [9.17, 15) is 19.2 Å². The molecule has 0 aliphatic rings. The van der Waals surface area contributed by atoms with Crippen LogP contribution in [0.25, 0.3) is 11.0 Å². The molecule has 26 heavy (non-hydrogen) atoms. The summed E-state index contributed by atoms with van der Waals surface area (Å²) in [4.78, 5) is 51.9. The normalized spacial score (nSPS) is 10.4. The fraction of sp³-hybridized carbons (Fsp3) is 0.353. The third kappa shape index (κ3) is 4.24. The molecule has 138 valence electrons. The molecule has 0 fully saturated rings. The molecule has 0 aliphatic heterocycles. The van der Waals surface area contributed by atoms with Gasteiger partial charge in [-0.3, -0.25) is 14.9 Å². The second kappa shape index (κ2) is 8.24. The lowest BCUT2D eigenvalue weighted by molar-refractivity contribution is -0.123. The highest BCUT2D eigenvalue weighted by molar-refractivity contribution is 5.97. The van der Waals surface area contributed by atoms with Gasteiger partial charge in [0.25, 0.3) is 5.91 Å². The molecule has 3 amide bonds. The summed E-state index contributed by atoms with van der Waals surface area (Å²) < 4.78 is 6.52. The molecule has 2 heterocycles. The number of urea groups is 1. The van der Waals surface area contributed by atoms with Gasteiger partial charge in [-0.05, 0) is 32.9 Å². The first-order chi connectivity index (χ1) is 12.4. The Morgan fingerprint density at radius 2 is 1.96 bits per heavy atom. The van der Waals surface area contributed by atoms with Crippen LogP contribution in [0.15, 0.2) is 23.1 Å². The molecule has 0 spiro atoms. The summed E-state index contributed by atoms with van der Waals surface area (Å²) in [5, 5.41) is 4.66. The van der Waals surface area contributed by atoms with Crippen LogP contribution in [-0.2, 0) is 16.1 Å². The number of imide groups is 1. The number of esters is 1. The van der Waals surface area contributed by atoms with E-state index < -0.39 is 29.9 Å². The third-order valence-corrected chi connectivity index (χ3v) is 3.55. The van der Waals surface area contributed by atoms with Gasteiger partial charge in [-0.15, -0.1) is 0 Å². The highest BCUT2D eigenvalue weighted by Gasteiger charge is 2.18. The Balaban J connectivity index is 2.21. The monoisotopic (exact) mass is 360 g/mol. The van der Waals surface area contributed by atoms with Crippen molar-refractivity contribution in [3.8, 4) is 0 Å². The number of nitrogens with one attached hydrogen (secondary N) is 2. The SMILES string of the molecule is CCNC(=O)NC(=O)COC(=O)c1cn(CC)c2nc(C)ccc2c1=O. The van der Waals surface area contributed by atoms with E-state index in [-0.39, 0.29) is 5.56 Å². The van der Waals surface area contributed by atoms with Crippen molar-refractivity contribution in [1.82, 2.24) is 20.2 Å². The highest BCUT2D eigenvalue weighted by Crippen LogP contribution is 2.11. The molecular formula is C17H20N4O5. The van der Waals surface area contributed by atoms with Crippen LogP contribution in [0.3, 0.4) is 0 Å². The molecular weight excluding hydrogens is 340 g/mol. The van der Waals surface area contributed by atoms with Gasteiger partial charge in [0.2, 0.25) is 5.43 Å². The van der Waals surface area contributed by atoms with E-state index in [0.717, 1.165) is 5.69 Å². The minimum atomic E-state index is -0.939. The van der Waals surface area contributed by atoms with Crippen molar-refractivity contribution in [1.29, 1.82) is 0 Å². The lowest BCUT2D eigenvalue weighted by Crippen LogP contribution is -2.41. The minimum Gasteiger partial charge on any atom is -0.452 e. The van der Waals surface area contributed by atoms with Crippen molar-refractivity contribution in [3.05, 3.63) is 39.8 Å². The van der Waals surface area contributed by atoms with Crippen molar-refractivity contribution in [2.75, 3.05) is 13.2 Å². The zero-order valence-electron chi connectivity index (χ0n) is 14.8. The molecule has 0 bridgehead atoms. The number of hydrogen-bond donors (Lipinski definition) is 2. The predicted octanol–water partition coefficient (Wildman–Crippen LogP) is 0.727. The number of carbonyl (C=O) groups excluding carboxylic acids is 3. The molecule has 2 N–H and O–H groups in total. The molecule has 0 unspecified atom stereocenters. The molecule has 2 aromatic rings. The quantitative estimate of drug-likeness (QED) is 0.759. The molecule has 0 aromatic carbocycles. The van der Waals surface area contributed by atoms with Crippen LogP contribution in [0, 0.1) is 6.92 Å². The van der Waals surface area contributed by atoms with Gasteiger partial charge in [-0.25, -0.2) is 14.6 Å². The van der Waals surface area contributed by atoms with Gasteiger partial charge in [0, 0.05) is 25.0 Å². The van der Waals surface area contributed by atoms with Crippen LogP contribution < -0.4 is 16.1 Å². The molecule has 0 saturated heterocycles. The Morgan fingerprint density at radius 1 is 1.23 bits per heavy atom. The van der Waals surface area contributed by atoms with Crippen molar-refractivity contribution in [2.45, 2.75) is 27.3 Å². The van der Waals surface area contributed by atoms with Crippen LogP contribution >= 0.6 is 0 Å². The van der Waals surface area contributed by atoms with Gasteiger partial charge in [0.15, 0.2) is 6.61 Å². The average molecular weight is 360 g/mol. The molecule has 0 aliphatic carbocycles. The van der Waals surface area contributed by atoms with Gasteiger partial charge >= 0.3 is 12.0 Å². The second-order valence-electron chi connectivity index (χ2n) is 5.47. The van der Waals surface area contributed by atoms with Crippen LogP contribution in [0.2, 0.25) is 0 Å². The van der Waals surface area contributed by atoms with Crippen molar-refractivity contribution in [3.63, 3.8) is 0 Å². The second-order valence-corrected chi connectivity index (χ2v) is 5.47. The molecule has 9 heteroatoms. The molecule has 0 saturated carbocycles. The summed E-state index contributed by atoms with van der Waals surface area (Å²) in [5.41, 5.74) is 0.502. The average Bonchev–Trinajstić information content (AvgIpc) is 2.60. The molecule has 0 radical (unpaired) electrons. The van der Waals surface area contributed by atoms with Gasteiger partial charge in [-0.1, -0.05) is 0 Å². The van der Waals surface area contributed by atoms with E-state index in [1.807, 2.05) is 12.2 Å². The number of nitrogens with zero attached hydrogens (tertiary/aromatic N) is 2. The van der Waals surface area contributed by atoms with Crippen LogP contribution in [0.5, 0.6) is 0 Å². The minimum absolute atomic E-state index is 0.198. The van der Waals surface area contributed by atoms with E-state index in [2.05, 4.69) is 10.3 Å². The van der Waals surface area contributed by atoms with Crippen LogP contribution in [0.1, 0.15) is 29.9 Å². The number of carbonyl (C=O) groups is 3. The summed E-state index contributed by atoms with van der Waals surface area (Å²) in [5.74, 6) is -1.73. The fourth-order valence-corrected chi connectivity index (χ4v) is 2.32. The maximum Gasteiger partial charge on any atom is 0.344 e. The summed E-state index contributed by atoms with van der Waals surface area (Å²) in [7, 11) is 0. The number of hydrogen-bond acceptors (Lipinski definition) is 6. The largest absolute Gasteiger partial charge is 0.452 e. The lowest BCUT2D eigenvalue weighted by Gasteiger charge is -2.11.